The molecule has 0 radical (unpaired) electrons. The molecule has 2 rings (SSSR count). The number of hydrogen-bond donors (Lipinski definition) is 1. The van der Waals surface area contributed by atoms with Gasteiger partial charge in [0.25, 0.3) is 5.91 Å². The number of carbonyl (C=O) groups is 1. The van der Waals surface area contributed by atoms with E-state index in [-0.39, 0.29) is 24.4 Å². The minimum absolute atomic E-state index is 0. The lowest BCUT2D eigenvalue weighted by Gasteiger charge is -2.30. The van der Waals surface area contributed by atoms with Crippen molar-refractivity contribution in [3.8, 4) is 11.5 Å². The third kappa shape index (κ3) is 3.35. The highest BCUT2D eigenvalue weighted by Gasteiger charge is 2.25. The molecular weight excluding hydrogens is 280 g/mol. The number of rotatable bonds is 3. The molecule has 1 aliphatic heterocycles. The highest BCUT2D eigenvalue weighted by atomic mass is 35.5. The Bertz CT molecular complexity index is 460. The van der Waals surface area contributed by atoms with E-state index in [9.17, 15) is 4.79 Å². The number of piperidine rings is 1. The second-order valence-electron chi connectivity index (χ2n) is 4.67. The molecule has 1 aromatic rings. The van der Waals surface area contributed by atoms with E-state index < -0.39 is 0 Å². The van der Waals surface area contributed by atoms with E-state index in [1.54, 1.807) is 32.4 Å². The molecule has 1 amide bonds. The first-order valence-electron chi connectivity index (χ1n) is 6.43. The van der Waals surface area contributed by atoms with Crippen LogP contribution in [0.3, 0.4) is 0 Å². The van der Waals surface area contributed by atoms with Gasteiger partial charge in [-0.1, -0.05) is 6.07 Å². The predicted molar refractivity (Wildman–Crippen MR) is 79.9 cm³/mol. The molecule has 6 heteroatoms. The highest BCUT2D eigenvalue weighted by molar-refractivity contribution is 5.97. The van der Waals surface area contributed by atoms with Crippen LogP contribution in [0, 0.1) is 0 Å². The number of methoxy groups -OCH3 is 2. The molecular formula is C14H21ClN2O3. The zero-order chi connectivity index (χ0) is 13.8. The number of para-hydroxylation sites is 1. The maximum absolute atomic E-state index is 12.5. The monoisotopic (exact) mass is 300 g/mol. The molecule has 1 aromatic carbocycles. The first-order valence-corrected chi connectivity index (χ1v) is 6.43. The summed E-state index contributed by atoms with van der Waals surface area (Å²) in [6.45, 7) is 1.39. The van der Waals surface area contributed by atoms with Gasteiger partial charge in [-0.3, -0.25) is 4.79 Å². The van der Waals surface area contributed by atoms with Crippen LogP contribution in [0.15, 0.2) is 18.2 Å². The number of carbonyl (C=O) groups excluding carboxylic acids is 1. The van der Waals surface area contributed by atoms with E-state index >= 15 is 0 Å². The average Bonchev–Trinajstić information content (AvgIpc) is 2.46. The van der Waals surface area contributed by atoms with Gasteiger partial charge in [0.05, 0.1) is 19.8 Å². The average molecular weight is 301 g/mol. The van der Waals surface area contributed by atoms with E-state index in [1.807, 2.05) is 4.90 Å². The van der Waals surface area contributed by atoms with Crippen molar-refractivity contribution in [1.82, 2.24) is 4.90 Å². The van der Waals surface area contributed by atoms with Crippen molar-refractivity contribution in [3.05, 3.63) is 23.8 Å². The summed E-state index contributed by atoms with van der Waals surface area (Å²) in [5.41, 5.74) is 6.39. The van der Waals surface area contributed by atoms with E-state index in [2.05, 4.69) is 0 Å². The van der Waals surface area contributed by atoms with Crippen molar-refractivity contribution in [2.45, 2.75) is 18.9 Å². The SMILES string of the molecule is COc1cccc(C(=O)N2CCC(N)CC2)c1OC.Cl. The Balaban J connectivity index is 0.00000200. The van der Waals surface area contributed by atoms with Gasteiger partial charge >= 0.3 is 0 Å². The largest absolute Gasteiger partial charge is 0.493 e. The Hall–Kier alpha value is -1.46. The van der Waals surface area contributed by atoms with E-state index in [4.69, 9.17) is 15.2 Å². The standard InChI is InChI=1S/C14H20N2O3.ClH/c1-18-12-5-3-4-11(13(12)19-2)14(17)16-8-6-10(15)7-9-16;/h3-5,10H,6-9,15H2,1-2H3;1H. The number of likely N-dealkylation sites (tertiary alicyclic amines) is 1. The van der Waals surface area contributed by atoms with E-state index in [0.717, 1.165) is 12.8 Å². The van der Waals surface area contributed by atoms with Gasteiger partial charge in [-0.25, -0.2) is 0 Å². The molecule has 0 atom stereocenters. The van der Waals surface area contributed by atoms with Crippen LogP contribution in [-0.4, -0.2) is 44.2 Å². The normalized spacial score (nSPS) is 15.4. The molecule has 1 fully saturated rings. The molecule has 112 valence electrons. The van der Waals surface area contributed by atoms with Crippen molar-refractivity contribution in [2.75, 3.05) is 27.3 Å². The Morgan fingerprint density at radius 2 is 1.90 bits per heavy atom. The number of ether oxygens (including phenoxy) is 2. The minimum Gasteiger partial charge on any atom is -0.493 e. The second kappa shape index (κ2) is 7.36. The summed E-state index contributed by atoms with van der Waals surface area (Å²) in [6, 6.07) is 5.54. The van der Waals surface area contributed by atoms with Gasteiger partial charge in [0, 0.05) is 19.1 Å². The van der Waals surface area contributed by atoms with Gasteiger partial charge in [-0.2, -0.15) is 0 Å². The van der Waals surface area contributed by atoms with Crippen LogP contribution in [0.2, 0.25) is 0 Å². The van der Waals surface area contributed by atoms with Gasteiger partial charge in [0.2, 0.25) is 0 Å². The summed E-state index contributed by atoms with van der Waals surface area (Å²) in [7, 11) is 3.10. The maximum atomic E-state index is 12.5. The molecule has 2 N–H and O–H groups in total. The smallest absolute Gasteiger partial charge is 0.257 e. The summed E-state index contributed by atoms with van der Waals surface area (Å²) >= 11 is 0. The van der Waals surface area contributed by atoms with Crippen LogP contribution in [0.5, 0.6) is 11.5 Å². The van der Waals surface area contributed by atoms with E-state index in [0.29, 0.717) is 30.2 Å². The molecule has 1 saturated heterocycles. The number of amides is 1. The summed E-state index contributed by atoms with van der Waals surface area (Å²) < 4.78 is 10.5. The topological polar surface area (TPSA) is 64.8 Å². The third-order valence-electron chi connectivity index (χ3n) is 3.46. The highest BCUT2D eigenvalue weighted by Crippen LogP contribution is 2.31. The van der Waals surface area contributed by atoms with E-state index in [1.165, 1.54) is 0 Å². The fourth-order valence-corrected chi connectivity index (χ4v) is 2.33. The summed E-state index contributed by atoms with van der Waals surface area (Å²) in [5.74, 6) is 1.04. The van der Waals surface area contributed by atoms with Crippen molar-refractivity contribution >= 4 is 18.3 Å². The first-order chi connectivity index (χ1) is 9.17. The lowest BCUT2D eigenvalue weighted by molar-refractivity contribution is 0.0710. The molecule has 0 saturated carbocycles. The number of nitrogens with zero attached hydrogens (tertiary/aromatic N) is 1. The summed E-state index contributed by atoms with van der Waals surface area (Å²) in [6.07, 6.45) is 1.69. The number of benzene rings is 1. The second-order valence-corrected chi connectivity index (χ2v) is 4.67. The van der Waals surface area contributed by atoms with Crippen LogP contribution in [0.4, 0.5) is 0 Å². The van der Waals surface area contributed by atoms with Crippen molar-refractivity contribution in [2.24, 2.45) is 5.73 Å². The van der Waals surface area contributed by atoms with Crippen molar-refractivity contribution in [3.63, 3.8) is 0 Å². The zero-order valence-electron chi connectivity index (χ0n) is 11.8. The Morgan fingerprint density at radius 1 is 1.25 bits per heavy atom. The molecule has 1 aliphatic rings. The predicted octanol–water partition coefficient (Wildman–Crippen LogP) is 1.69. The van der Waals surface area contributed by atoms with Crippen LogP contribution >= 0.6 is 12.4 Å². The van der Waals surface area contributed by atoms with Crippen LogP contribution in [0.25, 0.3) is 0 Å². The maximum Gasteiger partial charge on any atom is 0.257 e. The first kappa shape index (κ1) is 16.6. The van der Waals surface area contributed by atoms with Crippen LogP contribution < -0.4 is 15.2 Å². The number of hydrogen-bond acceptors (Lipinski definition) is 4. The quantitative estimate of drug-likeness (QED) is 0.922. The van der Waals surface area contributed by atoms with Crippen LogP contribution in [-0.2, 0) is 0 Å². The Kier molecular flexibility index (Phi) is 6.10. The molecule has 0 aromatic heterocycles. The van der Waals surface area contributed by atoms with Gasteiger partial charge < -0.3 is 20.1 Å². The molecule has 0 unspecified atom stereocenters. The minimum atomic E-state index is -0.0253. The van der Waals surface area contributed by atoms with Crippen molar-refractivity contribution in [1.29, 1.82) is 0 Å². The number of nitrogens with two attached hydrogens (primary N) is 1. The summed E-state index contributed by atoms with van der Waals surface area (Å²) in [5, 5.41) is 0. The molecule has 1 heterocycles. The fourth-order valence-electron chi connectivity index (χ4n) is 2.33. The zero-order valence-corrected chi connectivity index (χ0v) is 12.6. The Morgan fingerprint density at radius 3 is 2.45 bits per heavy atom. The van der Waals surface area contributed by atoms with Gasteiger partial charge in [-0.15, -0.1) is 12.4 Å². The fraction of sp³-hybridized carbons (Fsp3) is 0.500. The van der Waals surface area contributed by atoms with Crippen LogP contribution in [0.1, 0.15) is 23.2 Å². The van der Waals surface area contributed by atoms with Gasteiger partial charge in [-0.05, 0) is 25.0 Å². The Labute approximate surface area is 125 Å². The molecule has 0 bridgehead atoms. The van der Waals surface area contributed by atoms with Gasteiger partial charge in [0.1, 0.15) is 0 Å². The lowest BCUT2D eigenvalue weighted by Crippen LogP contribution is -2.42. The van der Waals surface area contributed by atoms with Gasteiger partial charge in [0.15, 0.2) is 11.5 Å². The molecule has 20 heavy (non-hydrogen) atoms. The summed E-state index contributed by atoms with van der Waals surface area (Å²) in [4.78, 5) is 14.3. The third-order valence-corrected chi connectivity index (χ3v) is 3.46. The molecule has 0 aliphatic carbocycles. The van der Waals surface area contributed by atoms with Crippen molar-refractivity contribution < 1.29 is 14.3 Å². The number of halogens is 1. The molecule has 0 spiro atoms. The molecule has 5 nitrogen and oxygen atoms in total. The lowest BCUT2D eigenvalue weighted by atomic mass is 10.0.